The molecule has 0 spiro atoms. The van der Waals surface area contributed by atoms with E-state index in [0.29, 0.717) is 43.6 Å². The van der Waals surface area contributed by atoms with Crippen molar-refractivity contribution in [2.24, 2.45) is 5.73 Å². The monoisotopic (exact) mass is 373 g/mol. The lowest BCUT2D eigenvalue weighted by atomic mass is 9.89. The predicted molar refractivity (Wildman–Crippen MR) is 97.7 cm³/mol. The molecule has 1 atom stereocenters. The van der Waals surface area contributed by atoms with Crippen LogP contribution in [0.4, 0.5) is 0 Å². The number of fused-ring (bicyclic) bond motifs is 3. The number of nitrogens with two attached hydrogens (primary N) is 1. The number of rotatable bonds is 8. The van der Waals surface area contributed by atoms with E-state index in [1.807, 2.05) is 18.2 Å². The Balaban J connectivity index is 1.80. The average molecular weight is 373 g/mol. The highest BCUT2D eigenvalue weighted by atomic mass is 16.5. The van der Waals surface area contributed by atoms with Gasteiger partial charge in [0.15, 0.2) is 11.5 Å². The van der Waals surface area contributed by atoms with Crippen molar-refractivity contribution in [1.29, 1.82) is 0 Å². The van der Waals surface area contributed by atoms with Gasteiger partial charge in [-0.3, -0.25) is 4.79 Å². The van der Waals surface area contributed by atoms with E-state index in [4.69, 9.17) is 15.0 Å². The fourth-order valence-electron chi connectivity index (χ4n) is 3.29. The maximum Gasteiger partial charge on any atom is 0.326 e. The van der Waals surface area contributed by atoms with Gasteiger partial charge in [-0.25, -0.2) is 4.79 Å². The second-order valence-electron chi connectivity index (χ2n) is 6.51. The number of benzene rings is 1. The number of carboxylic acids is 1. The van der Waals surface area contributed by atoms with Crippen LogP contribution in [-0.4, -0.2) is 41.8 Å². The van der Waals surface area contributed by atoms with E-state index in [1.165, 1.54) is 0 Å². The molecule has 0 radical (unpaired) electrons. The first kappa shape index (κ1) is 18.9. The molecule has 4 N–H and O–H groups in total. The highest BCUT2D eigenvalue weighted by Gasteiger charge is 2.30. The van der Waals surface area contributed by atoms with Crippen LogP contribution >= 0.6 is 0 Å². The molecule has 1 amide bonds. The highest BCUT2D eigenvalue weighted by molar-refractivity contribution is 5.97. The zero-order chi connectivity index (χ0) is 19.4. The van der Waals surface area contributed by atoms with Crippen LogP contribution in [0.5, 0.6) is 5.75 Å². The molecule has 1 aliphatic rings. The van der Waals surface area contributed by atoms with Gasteiger partial charge in [0.2, 0.25) is 0 Å². The summed E-state index contributed by atoms with van der Waals surface area (Å²) in [5, 5.41) is 15.8. The number of carboxylic acid groups (broad SMARTS) is 1. The van der Waals surface area contributed by atoms with E-state index in [2.05, 4.69) is 10.5 Å². The number of nitrogens with zero attached hydrogens (tertiary/aromatic N) is 1. The summed E-state index contributed by atoms with van der Waals surface area (Å²) >= 11 is 0. The van der Waals surface area contributed by atoms with Gasteiger partial charge in [-0.15, -0.1) is 0 Å². The van der Waals surface area contributed by atoms with Crippen LogP contribution in [0.15, 0.2) is 22.7 Å². The number of aliphatic carboxylic acids is 1. The van der Waals surface area contributed by atoms with E-state index >= 15 is 0 Å². The lowest BCUT2D eigenvalue weighted by Crippen LogP contribution is -2.41. The summed E-state index contributed by atoms with van der Waals surface area (Å²) in [6.07, 6.45) is 2.96. The zero-order valence-corrected chi connectivity index (χ0v) is 15.2. The Morgan fingerprint density at radius 1 is 1.37 bits per heavy atom. The second-order valence-corrected chi connectivity index (χ2v) is 6.51. The molecule has 0 saturated heterocycles. The lowest BCUT2D eigenvalue weighted by Gasteiger charge is -2.17. The van der Waals surface area contributed by atoms with Gasteiger partial charge in [-0.1, -0.05) is 5.16 Å². The summed E-state index contributed by atoms with van der Waals surface area (Å²) in [7, 11) is 1.61. The van der Waals surface area contributed by atoms with Crippen LogP contribution in [0.1, 0.15) is 40.9 Å². The largest absolute Gasteiger partial charge is 0.497 e. The third-order valence-corrected chi connectivity index (χ3v) is 4.75. The van der Waals surface area contributed by atoms with Crippen molar-refractivity contribution >= 4 is 11.9 Å². The van der Waals surface area contributed by atoms with Crippen molar-refractivity contribution in [2.45, 2.75) is 38.1 Å². The fourth-order valence-corrected chi connectivity index (χ4v) is 3.29. The van der Waals surface area contributed by atoms with Gasteiger partial charge in [-0.05, 0) is 62.4 Å². The minimum atomic E-state index is -1.07. The first-order chi connectivity index (χ1) is 13.0. The average Bonchev–Trinajstić information content (AvgIpc) is 3.11. The number of amides is 1. The van der Waals surface area contributed by atoms with Gasteiger partial charge in [0.05, 0.1) is 7.11 Å². The fraction of sp³-hybridized carbons (Fsp3) is 0.421. The molecule has 1 aromatic carbocycles. The third kappa shape index (κ3) is 3.95. The maximum atomic E-state index is 12.6. The van der Waals surface area contributed by atoms with Crippen LogP contribution in [0.25, 0.3) is 11.3 Å². The van der Waals surface area contributed by atoms with Crippen LogP contribution in [0.3, 0.4) is 0 Å². The molecule has 1 aliphatic carbocycles. The SMILES string of the molecule is COc1ccc2c(c1)CCc1c(C(=O)N[C@@H](CCCCN)C(=O)O)noc1-2. The Labute approximate surface area is 156 Å². The number of ether oxygens (including phenoxy) is 1. The Kier molecular flexibility index (Phi) is 5.75. The summed E-state index contributed by atoms with van der Waals surface area (Å²) in [5.74, 6) is -0.289. The summed E-state index contributed by atoms with van der Waals surface area (Å²) in [6.45, 7) is 0.487. The van der Waals surface area contributed by atoms with Gasteiger partial charge >= 0.3 is 5.97 Å². The van der Waals surface area contributed by atoms with E-state index in [-0.39, 0.29) is 5.69 Å². The Morgan fingerprint density at radius 2 is 2.19 bits per heavy atom. The number of carbonyl (C=O) groups is 2. The lowest BCUT2D eigenvalue weighted by molar-refractivity contribution is -0.139. The molecule has 0 bridgehead atoms. The van der Waals surface area contributed by atoms with E-state index in [9.17, 15) is 14.7 Å². The predicted octanol–water partition coefficient (Wildman–Crippen LogP) is 1.76. The standard InChI is InChI=1S/C19H23N3O5/c1-26-12-6-8-13-11(10-12)5-7-14-16(22-27-17(13)14)18(23)21-15(19(24)25)4-2-3-9-20/h6,8,10,15H,2-5,7,9,20H2,1H3,(H,21,23)(H,24,25)/t15-/m0/s1. The molecule has 144 valence electrons. The van der Waals surface area contributed by atoms with E-state index < -0.39 is 17.9 Å². The van der Waals surface area contributed by atoms with Gasteiger partial charge in [0, 0.05) is 11.1 Å². The molecular weight excluding hydrogens is 350 g/mol. The third-order valence-electron chi connectivity index (χ3n) is 4.75. The highest BCUT2D eigenvalue weighted by Crippen LogP contribution is 2.37. The van der Waals surface area contributed by atoms with Gasteiger partial charge < -0.3 is 25.4 Å². The van der Waals surface area contributed by atoms with Crippen molar-refractivity contribution in [1.82, 2.24) is 10.5 Å². The Morgan fingerprint density at radius 3 is 2.89 bits per heavy atom. The number of unbranched alkanes of at least 4 members (excludes halogenated alkanes) is 1. The molecule has 0 fully saturated rings. The number of hydrogen-bond acceptors (Lipinski definition) is 6. The number of carbonyl (C=O) groups excluding carboxylic acids is 1. The number of methoxy groups -OCH3 is 1. The van der Waals surface area contributed by atoms with E-state index in [1.54, 1.807) is 7.11 Å². The topological polar surface area (TPSA) is 128 Å². The number of nitrogens with one attached hydrogen (secondary N) is 1. The molecular formula is C19H23N3O5. The number of aryl methyl sites for hydroxylation is 1. The van der Waals surface area contributed by atoms with Crippen molar-refractivity contribution in [3.8, 4) is 17.1 Å². The molecule has 3 rings (SSSR count). The molecule has 1 heterocycles. The second kappa shape index (κ2) is 8.22. The molecule has 0 unspecified atom stereocenters. The van der Waals surface area contributed by atoms with Gasteiger partial charge in [0.25, 0.3) is 5.91 Å². The van der Waals surface area contributed by atoms with Crippen molar-refractivity contribution < 1.29 is 24.0 Å². The quantitative estimate of drug-likeness (QED) is 0.602. The molecule has 2 aromatic rings. The van der Waals surface area contributed by atoms with Crippen LogP contribution in [0.2, 0.25) is 0 Å². The smallest absolute Gasteiger partial charge is 0.326 e. The van der Waals surface area contributed by atoms with Crippen molar-refractivity contribution in [3.05, 3.63) is 35.0 Å². The van der Waals surface area contributed by atoms with Gasteiger partial charge in [-0.2, -0.15) is 0 Å². The first-order valence-corrected chi connectivity index (χ1v) is 8.94. The minimum Gasteiger partial charge on any atom is -0.497 e. The minimum absolute atomic E-state index is 0.150. The molecule has 8 heteroatoms. The molecule has 27 heavy (non-hydrogen) atoms. The van der Waals surface area contributed by atoms with Crippen LogP contribution < -0.4 is 15.8 Å². The molecule has 0 aliphatic heterocycles. The summed E-state index contributed by atoms with van der Waals surface area (Å²) in [5.41, 5.74) is 8.23. The van der Waals surface area contributed by atoms with Crippen LogP contribution in [-0.2, 0) is 17.6 Å². The zero-order valence-electron chi connectivity index (χ0n) is 15.2. The summed E-state index contributed by atoms with van der Waals surface area (Å²) in [4.78, 5) is 24.0. The Hall–Kier alpha value is -2.87. The van der Waals surface area contributed by atoms with Crippen molar-refractivity contribution in [2.75, 3.05) is 13.7 Å². The van der Waals surface area contributed by atoms with Crippen LogP contribution in [0, 0.1) is 0 Å². The molecule has 8 nitrogen and oxygen atoms in total. The molecule has 0 saturated carbocycles. The first-order valence-electron chi connectivity index (χ1n) is 8.94. The molecule has 1 aromatic heterocycles. The Bertz CT molecular complexity index is 846. The summed E-state index contributed by atoms with van der Waals surface area (Å²) < 4.78 is 10.7. The maximum absolute atomic E-state index is 12.6. The number of aromatic nitrogens is 1. The summed E-state index contributed by atoms with van der Waals surface area (Å²) in [6, 6.07) is 4.68. The normalized spacial score (nSPS) is 13.4. The number of hydrogen-bond donors (Lipinski definition) is 3. The van der Waals surface area contributed by atoms with E-state index in [0.717, 1.165) is 23.3 Å². The van der Waals surface area contributed by atoms with Gasteiger partial charge in [0.1, 0.15) is 11.8 Å². The van der Waals surface area contributed by atoms with Crippen molar-refractivity contribution in [3.63, 3.8) is 0 Å².